The molecule has 0 aromatic heterocycles. The lowest BCUT2D eigenvalue weighted by Crippen LogP contribution is -2.41. The molecule has 0 radical (unpaired) electrons. The van der Waals surface area contributed by atoms with E-state index in [0.717, 1.165) is 0 Å². The SMILES string of the molecule is CC(C)(C)OC(=O)N1CCOc2cc(Cl)ccc21. The van der Waals surface area contributed by atoms with Gasteiger partial charge in [0.15, 0.2) is 0 Å². The van der Waals surface area contributed by atoms with Gasteiger partial charge in [-0.05, 0) is 32.9 Å². The molecular formula is C13H16ClNO3. The normalized spacial score (nSPS) is 14.8. The average Bonchev–Trinajstić information content (AvgIpc) is 2.25. The summed E-state index contributed by atoms with van der Waals surface area (Å²) >= 11 is 5.90. The Balaban J connectivity index is 2.25. The smallest absolute Gasteiger partial charge is 0.415 e. The van der Waals surface area contributed by atoms with Gasteiger partial charge in [0.25, 0.3) is 0 Å². The monoisotopic (exact) mass is 269 g/mol. The minimum atomic E-state index is -0.512. The van der Waals surface area contributed by atoms with E-state index in [4.69, 9.17) is 21.1 Å². The summed E-state index contributed by atoms with van der Waals surface area (Å²) in [5, 5.41) is 0.583. The number of hydrogen-bond donors (Lipinski definition) is 0. The van der Waals surface area contributed by atoms with Crippen LogP contribution in [0.2, 0.25) is 5.02 Å². The zero-order valence-corrected chi connectivity index (χ0v) is 11.5. The lowest BCUT2D eigenvalue weighted by atomic mass is 10.2. The highest BCUT2D eigenvalue weighted by atomic mass is 35.5. The molecule has 1 heterocycles. The Morgan fingerprint density at radius 1 is 1.44 bits per heavy atom. The van der Waals surface area contributed by atoms with Crippen LogP contribution in [-0.2, 0) is 4.74 Å². The number of carbonyl (C=O) groups excluding carboxylic acids is 1. The van der Waals surface area contributed by atoms with Gasteiger partial charge in [-0.15, -0.1) is 0 Å². The topological polar surface area (TPSA) is 38.8 Å². The fraction of sp³-hybridized carbons (Fsp3) is 0.462. The maximum absolute atomic E-state index is 12.1. The van der Waals surface area contributed by atoms with Crippen molar-refractivity contribution in [1.29, 1.82) is 0 Å². The van der Waals surface area contributed by atoms with Gasteiger partial charge in [0, 0.05) is 11.1 Å². The minimum absolute atomic E-state index is 0.366. The van der Waals surface area contributed by atoms with Gasteiger partial charge in [-0.1, -0.05) is 11.6 Å². The predicted octanol–water partition coefficient (Wildman–Crippen LogP) is 3.47. The van der Waals surface area contributed by atoms with Crippen molar-refractivity contribution in [2.45, 2.75) is 26.4 Å². The highest BCUT2D eigenvalue weighted by Gasteiger charge is 2.28. The zero-order chi connectivity index (χ0) is 13.3. The Morgan fingerprint density at radius 2 is 2.17 bits per heavy atom. The van der Waals surface area contributed by atoms with Crippen molar-refractivity contribution >= 4 is 23.4 Å². The predicted molar refractivity (Wildman–Crippen MR) is 70.5 cm³/mol. The van der Waals surface area contributed by atoms with Crippen molar-refractivity contribution in [3.8, 4) is 5.75 Å². The van der Waals surface area contributed by atoms with Crippen LogP contribution >= 0.6 is 11.6 Å². The minimum Gasteiger partial charge on any atom is -0.489 e. The molecule has 0 fully saturated rings. The average molecular weight is 270 g/mol. The Kier molecular flexibility index (Phi) is 3.39. The number of fused-ring (bicyclic) bond motifs is 1. The molecule has 0 saturated heterocycles. The molecule has 0 bridgehead atoms. The molecule has 4 nitrogen and oxygen atoms in total. The third kappa shape index (κ3) is 2.88. The Labute approximate surface area is 111 Å². The highest BCUT2D eigenvalue weighted by molar-refractivity contribution is 6.30. The first-order valence-electron chi connectivity index (χ1n) is 5.80. The number of amides is 1. The van der Waals surface area contributed by atoms with E-state index in [9.17, 15) is 4.79 Å². The van der Waals surface area contributed by atoms with Gasteiger partial charge in [0.2, 0.25) is 0 Å². The van der Waals surface area contributed by atoms with Crippen LogP contribution < -0.4 is 9.64 Å². The summed E-state index contributed by atoms with van der Waals surface area (Å²) in [6, 6.07) is 5.20. The van der Waals surface area contributed by atoms with Crippen molar-refractivity contribution in [2.24, 2.45) is 0 Å². The van der Waals surface area contributed by atoms with Gasteiger partial charge in [-0.3, -0.25) is 4.90 Å². The molecule has 0 aliphatic carbocycles. The van der Waals surface area contributed by atoms with Gasteiger partial charge in [0.05, 0.1) is 12.2 Å². The molecule has 18 heavy (non-hydrogen) atoms. The lowest BCUT2D eigenvalue weighted by Gasteiger charge is -2.31. The van der Waals surface area contributed by atoms with E-state index in [2.05, 4.69) is 0 Å². The zero-order valence-electron chi connectivity index (χ0n) is 10.7. The van der Waals surface area contributed by atoms with Gasteiger partial charge in [0.1, 0.15) is 18.0 Å². The largest absolute Gasteiger partial charge is 0.489 e. The molecule has 1 aromatic carbocycles. The van der Waals surface area contributed by atoms with Crippen molar-refractivity contribution in [3.05, 3.63) is 23.2 Å². The quantitative estimate of drug-likeness (QED) is 0.724. The molecule has 0 spiro atoms. The Hall–Kier alpha value is -1.42. The van der Waals surface area contributed by atoms with E-state index in [1.807, 2.05) is 20.8 Å². The van der Waals surface area contributed by atoms with Crippen LogP contribution in [0.15, 0.2) is 18.2 Å². The molecule has 1 aliphatic heterocycles. The Bertz CT molecular complexity index is 468. The second-order valence-corrected chi connectivity index (χ2v) is 5.53. The Morgan fingerprint density at radius 3 is 2.83 bits per heavy atom. The van der Waals surface area contributed by atoms with E-state index in [0.29, 0.717) is 29.6 Å². The standard InChI is InChI=1S/C13H16ClNO3/c1-13(2,3)18-12(16)15-6-7-17-11-8-9(14)4-5-10(11)15/h4-5,8H,6-7H2,1-3H3. The molecule has 0 atom stereocenters. The first kappa shape index (κ1) is 13.0. The van der Waals surface area contributed by atoms with E-state index in [1.54, 1.807) is 23.1 Å². The van der Waals surface area contributed by atoms with E-state index < -0.39 is 5.60 Å². The second kappa shape index (κ2) is 4.69. The van der Waals surface area contributed by atoms with Crippen LogP contribution in [0.3, 0.4) is 0 Å². The first-order valence-corrected chi connectivity index (χ1v) is 6.17. The van der Waals surface area contributed by atoms with Crippen molar-refractivity contribution in [1.82, 2.24) is 0 Å². The molecule has 5 heteroatoms. The van der Waals surface area contributed by atoms with E-state index >= 15 is 0 Å². The van der Waals surface area contributed by atoms with Crippen LogP contribution in [0.25, 0.3) is 0 Å². The van der Waals surface area contributed by atoms with Crippen LogP contribution in [0.1, 0.15) is 20.8 Å². The van der Waals surface area contributed by atoms with Gasteiger partial charge in [-0.2, -0.15) is 0 Å². The van der Waals surface area contributed by atoms with Gasteiger partial charge in [-0.25, -0.2) is 4.79 Å². The molecule has 2 rings (SSSR count). The summed E-state index contributed by atoms with van der Waals surface area (Å²) in [4.78, 5) is 13.6. The number of benzene rings is 1. The lowest BCUT2D eigenvalue weighted by molar-refractivity contribution is 0.0568. The van der Waals surface area contributed by atoms with E-state index in [1.165, 1.54) is 0 Å². The van der Waals surface area contributed by atoms with Gasteiger partial charge < -0.3 is 9.47 Å². The number of rotatable bonds is 0. The molecule has 98 valence electrons. The third-order valence-electron chi connectivity index (χ3n) is 2.40. The van der Waals surface area contributed by atoms with Crippen molar-refractivity contribution in [2.75, 3.05) is 18.1 Å². The van der Waals surface area contributed by atoms with Crippen LogP contribution in [-0.4, -0.2) is 24.8 Å². The highest BCUT2D eigenvalue weighted by Crippen LogP contribution is 2.34. The summed E-state index contributed by atoms with van der Waals surface area (Å²) in [5.74, 6) is 0.611. The second-order valence-electron chi connectivity index (χ2n) is 5.09. The fourth-order valence-electron chi connectivity index (χ4n) is 1.70. The summed E-state index contributed by atoms with van der Waals surface area (Å²) in [6.07, 6.45) is -0.366. The van der Waals surface area contributed by atoms with Crippen molar-refractivity contribution in [3.63, 3.8) is 0 Å². The molecule has 1 aliphatic rings. The number of halogens is 1. The molecule has 1 amide bonds. The molecule has 0 unspecified atom stereocenters. The fourth-order valence-corrected chi connectivity index (χ4v) is 1.86. The number of carbonyl (C=O) groups is 1. The number of nitrogens with zero attached hydrogens (tertiary/aromatic N) is 1. The molecular weight excluding hydrogens is 254 g/mol. The third-order valence-corrected chi connectivity index (χ3v) is 2.63. The summed E-state index contributed by atoms with van der Waals surface area (Å²) in [7, 11) is 0. The number of hydrogen-bond acceptors (Lipinski definition) is 3. The maximum Gasteiger partial charge on any atom is 0.415 e. The van der Waals surface area contributed by atoms with Crippen molar-refractivity contribution < 1.29 is 14.3 Å². The maximum atomic E-state index is 12.1. The summed E-state index contributed by atoms with van der Waals surface area (Å²) in [6.45, 7) is 6.44. The van der Waals surface area contributed by atoms with Crippen LogP contribution in [0.4, 0.5) is 10.5 Å². The number of ether oxygens (including phenoxy) is 2. The first-order chi connectivity index (χ1) is 8.37. The van der Waals surface area contributed by atoms with E-state index in [-0.39, 0.29) is 6.09 Å². The molecule has 0 saturated carbocycles. The summed E-state index contributed by atoms with van der Waals surface area (Å²) < 4.78 is 10.8. The van der Waals surface area contributed by atoms with Gasteiger partial charge >= 0.3 is 6.09 Å². The molecule has 0 N–H and O–H groups in total. The number of anilines is 1. The summed E-state index contributed by atoms with van der Waals surface area (Å²) in [5.41, 5.74) is 0.182. The molecule has 1 aromatic rings. The van der Waals surface area contributed by atoms with Crippen LogP contribution in [0.5, 0.6) is 5.75 Å². The van der Waals surface area contributed by atoms with Crippen LogP contribution in [0, 0.1) is 0 Å².